The van der Waals surface area contributed by atoms with Gasteiger partial charge in [0.25, 0.3) is 15.9 Å². The van der Waals surface area contributed by atoms with E-state index in [2.05, 4.69) is 5.32 Å². The second-order valence-corrected chi connectivity index (χ2v) is 9.26. The summed E-state index contributed by atoms with van der Waals surface area (Å²) in [4.78, 5) is 25.6. The van der Waals surface area contributed by atoms with Gasteiger partial charge < -0.3 is 5.32 Å². The average Bonchev–Trinajstić information content (AvgIpc) is 3.03. The van der Waals surface area contributed by atoms with Gasteiger partial charge in [0.15, 0.2) is 0 Å². The van der Waals surface area contributed by atoms with Crippen LogP contribution in [0.15, 0.2) is 52.7 Å². The van der Waals surface area contributed by atoms with Gasteiger partial charge in [-0.05, 0) is 35.7 Å². The van der Waals surface area contributed by atoms with Crippen LogP contribution in [0.1, 0.15) is 11.5 Å². The van der Waals surface area contributed by atoms with E-state index in [0.717, 1.165) is 18.4 Å². The summed E-state index contributed by atoms with van der Waals surface area (Å²) < 4.78 is 39.7. The number of halogens is 1. The Morgan fingerprint density at radius 2 is 1.81 bits per heavy atom. The van der Waals surface area contributed by atoms with Gasteiger partial charge in [0, 0.05) is 23.0 Å². The van der Waals surface area contributed by atoms with E-state index in [4.69, 9.17) is 0 Å². The van der Waals surface area contributed by atoms with Crippen LogP contribution in [0.4, 0.5) is 10.1 Å². The Hall–Kier alpha value is -2.78. The van der Waals surface area contributed by atoms with Crippen LogP contribution in [0.5, 0.6) is 0 Å². The Morgan fingerprint density at radius 3 is 2.52 bits per heavy atom. The van der Waals surface area contributed by atoms with E-state index in [1.807, 2.05) is 0 Å². The molecule has 0 saturated carbocycles. The highest BCUT2D eigenvalue weighted by molar-refractivity contribution is 7.92. The summed E-state index contributed by atoms with van der Waals surface area (Å²) in [5.74, 6) is -3.27. The number of thiophene rings is 1. The molecule has 1 unspecified atom stereocenters. The first kappa shape index (κ1) is 17.6. The van der Waals surface area contributed by atoms with Crippen LogP contribution in [0.25, 0.3) is 10.1 Å². The molecule has 0 aliphatic carbocycles. The van der Waals surface area contributed by atoms with E-state index >= 15 is 0 Å². The molecule has 2 aromatic carbocycles. The van der Waals surface area contributed by atoms with E-state index < -0.39 is 33.6 Å². The number of likely N-dealkylation sites (N-methyl/N-ethyl adjacent to an activating group) is 1. The number of nitrogens with zero attached hydrogens (tertiary/aromatic N) is 1. The maximum atomic E-state index is 13.1. The molecule has 1 aliphatic heterocycles. The van der Waals surface area contributed by atoms with Crippen LogP contribution >= 0.6 is 11.3 Å². The number of hydrogen-bond donors (Lipinski definition) is 1. The Morgan fingerprint density at radius 1 is 1.15 bits per heavy atom. The van der Waals surface area contributed by atoms with E-state index in [1.165, 1.54) is 24.3 Å². The van der Waals surface area contributed by atoms with E-state index in [1.54, 1.807) is 24.3 Å². The summed E-state index contributed by atoms with van der Waals surface area (Å²) in [6.45, 7) is 0. The van der Waals surface area contributed by atoms with Crippen LogP contribution in [0, 0.1) is 5.82 Å². The first-order chi connectivity index (χ1) is 12.8. The van der Waals surface area contributed by atoms with Gasteiger partial charge in [-0.25, -0.2) is 17.1 Å². The summed E-state index contributed by atoms with van der Waals surface area (Å²) in [6, 6.07) is 12.0. The van der Waals surface area contributed by atoms with Crippen molar-refractivity contribution in [3.05, 3.63) is 59.9 Å². The predicted octanol–water partition coefficient (Wildman–Crippen LogP) is 2.92. The first-order valence-corrected chi connectivity index (χ1v) is 10.2. The lowest BCUT2D eigenvalue weighted by Crippen LogP contribution is -2.45. The molecule has 2 heterocycles. The maximum Gasteiger partial charge on any atom is 0.276 e. The van der Waals surface area contributed by atoms with Gasteiger partial charge >= 0.3 is 0 Å². The number of carbonyl (C=O) groups is 2. The van der Waals surface area contributed by atoms with Crippen molar-refractivity contribution < 1.29 is 22.4 Å². The molecule has 9 heteroatoms. The lowest BCUT2D eigenvalue weighted by atomic mass is 9.96. The molecule has 2 amide bonds. The molecule has 138 valence electrons. The third-order valence-electron chi connectivity index (χ3n) is 4.41. The van der Waals surface area contributed by atoms with Crippen molar-refractivity contribution in [2.24, 2.45) is 0 Å². The molecule has 0 saturated heterocycles. The van der Waals surface area contributed by atoms with Gasteiger partial charge in [0.05, 0.1) is 0 Å². The van der Waals surface area contributed by atoms with Crippen LogP contribution in [-0.4, -0.2) is 31.6 Å². The van der Waals surface area contributed by atoms with E-state index in [0.29, 0.717) is 20.1 Å². The molecule has 3 aromatic rings. The smallest absolute Gasteiger partial charge is 0.276 e. The molecule has 1 aliphatic rings. The molecule has 0 radical (unpaired) electrons. The fourth-order valence-corrected chi connectivity index (χ4v) is 6.14. The molecular formula is C18H13FN2O4S2. The lowest BCUT2D eigenvalue weighted by molar-refractivity contribution is -0.132. The summed E-state index contributed by atoms with van der Waals surface area (Å²) in [5, 5.41) is 3.13. The molecule has 6 nitrogen and oxygen atoms in total. The number of fused-ring (bicyclic) bond motifs is 3. The largest absolute Gasteiger partial charge is 0.325 e. The molecule has 27 heavy (non-hydrogen) atoms. The number of anilines is 1. The highest BCUT2D eigenvalue weighted by atomic mass is 32.2. The zero-order chi connectivity index (χ0) is 19.3. The number of carbonyl (C=O) groups excluding carboxylic acids is 2. The Balaban J connectivity index is 1.86. The van der Waals surface area contributed by atoms with Crippen LogP contribution in [0.2, 0.25) is 0 Å². The van der Waals surface area contributed by atoms with Crippen molar-refractivity contribution in [1.29, 1.82) is 0 Å². The van der Waals surface area contributed by atoms with Gasteiger partial charge in [0.2, 0.25) is 5.91 Å². The van der Waals surface area contributed by atoms with Gasteiger partial charge in [-0.1, -0.05) is 18.2 Å². The molecule has 1 aromatic heterocycles. The first-order valence-electron chi connectivity index (χ1n) is 7.91. The second kappa shape index (κ2) is 6.14. The highest BCUT2D eigenvalue weighted by Gasteiger charge is 2.47. The van der Waals surface area contributed by atoms with Crippen molar-refractivity contribution in [2.45, 2.75) is 10.1 Å². The minimum atomic E-state index is -4.00. The SMILES string of the molecule is CN1C(=O)C(C(=O)Nc2ccc(F)cc2)c2c(sc3ccccc23)S1(=O)=O. The lowest BCUT2D eigenvalue weighted by Gasteiger charge is -2.28. The topological polar surface area (TPSA) is 83.6 Å². The summed E-state index contributed by atoms with van der Waals surface area (Å²) in [5.41, 5.74) is 0.504. The highest BCUT2D eigenvalue weighted by Crippen LogP contribution is 2.44. The molecule has 1 N–H and O–H groups in total. The molecule has 0 fully saturated rings. The third-order valence-corrected chi connectivity index (χ3v) is 7.87. The number of hydrogen-bond acceptors (Lipinski definition) is 5. The normalized spacial score (nSPS) is 18.4. The maximum absolute atomic E-state index is 13.1. The number of benzene rings is 2. The predicted molar refractivity (Wildman–Crippen MR) is 99.6 cm³/mol. The van der Waals surface area contributed by atoms with E-state index in [9.17, 15) is 22.4 Å². The van der Waals surface area contributed by atoms with Crippen LogP contribution in [-0.2, 0) is 19.6 Å². The van der Waals surface area contributed by atoms with Crippen molar-refractivity contribution >= 4 is 48.9 Å². The zero-order valence-corrected chi connectivity index (χ0v) is 15.6. The molecule has 1 atom stereocenters. The number of nitrogens with one attached hydrogen (secondary N) is 1. The molecule has 4 rings (SSSR count). The quantitative estimate of drug-likeness (QED) is 0.666. The van der Waals surface area contributed by atoms with Gasteiger partial charge in [-0.2, -0.15) is 0 Å². The summed E-state index contributed by atoms with van der Waals surface area (Å²) >= 11 is 1.03. The molecule has 0 spiro atoms. The number of rotatable bonds is 2. The molecular weight excluding hydrogens is 391 g/mol. The number of sulfonamides is 1. The van der Waals surface area contributed by atoms with Crippen LogP contribution < -0.4 is 5.32 Å². The zero-order valence-electron chi connectivity index (χ0n) is 14.0. The molecule has 0 bridgehead atoms. The van der Waals surface area contributed by atoms with Crippen LogP contribution in [0.3, 0.4) is 0 Å². The van der Waals surface area contributed by atoms with Crippen molar-refractivity contribution in [3.8, 4) is 0 Å². The fourth-order valence-electron chi connectivity index (χ4n) is 3.05. The second-order valence-electron chi connectivity index (χ2n) is 6.04. The monoisotopic (exact) mass is 404 g/mol. The van der Waals surface area contributed by atoms with Crippen molar-refractivity contribution in [1.82, 2.24) is 4.31 Å². The minimum Gasteiger partial charge on any atom is -0.325 e. The minimum absolute atomic E-state index is 0.00921. The fraction of sp³-hybridized carbons (Fsp3) is 0.111. The van der Waals surface area contributed by atoms with Gasteiger partial charge in [-0.15, -0.1) is 11.3 Å². The summed E-state index contributed by atoms with van der Waals surface area (Å²) in [6.07, 6.45) is 0. The standard InChI is InChI=1S/C18H13FN2O4S2/c1-21-17(23)15(16(22)20-11-8-6-10(19)7-9-11)14-12-4-2-3-5-13(12)26-18(14)27(21,24)25/h2-9,15H,1H3,(H,20,22). The summed E-state index contributed by atoms with van der Waals surface area (Å²) in [7, 11) is -2.86. The van der Waals surface area contributed by atoms with Gasteiger partial charge in [0.1, 0.15) is 15.9 Å². The Kier molecular flexibility index (Phi) is 4.01. The third kappa shape index (κ3) is 2.70. The average molecular weight is 404 g/mol. The number of amides is 2. The van der Waals surface area contributed by atoms with E-state index in [-0.39, 0.29) is 9.77 Å². The Bertz CT molecular complexity index is 1190. The Labute approximate surface area is 158 Å². The van der Waals surface area contributed by atoms with Gasteiger partial charge in [-0.3, -0.25) is 9.59 Å². The van der Waals surface area contributed by atoms with Crippen molar-refractivity contribution in [2.75, 3.05) is 12.4 Å². The van der Waals surface area contributed by atoms with Crippen molar-refractivity contribution in [3.63, 3.8) is 0 Å².